The Morgan fingerprint density at radius 1 is 0.719 bits per heavy atom. The number of carboxylic acids is 2. The van der Waals surface area contributed by atoms with E-state index in [4.69, 9.17) is 0 Å². The van der Waals surface area contributed by atoms with Gasteiger partial charge in [-0.15, -0.1) is 0 Å². The van der Waals surface area contributed by atoms with Gasteiger partial charge in [0.25, 0.3) is 0 Å². The molecule has 3 rings (SSSR count). The van der Waals surface area contributed by atoms with Crippen molar-refractivity contribution in [2.75, 3.05) is 0 Å². The van der Waals surface area contributed by atoms with Crippen LogP contribution in [0.2, 0.25) is 0 Å². The third-order valence-corrected chi connectivity index (χ3v) is 6.93. The van der Waals surface area contributed by atoms with E-state index in [-0.39, 0.29) is 45.1 Å². The number of carboxylic acid groups (broad SMARTS) is 2. The van der Waals surface area contributed by atoms with E-state index in [1.807, 2.05) is 0 Å². The minimum atomic E-state index is -1.34. The molecule has 178 valence electrons. The van der Waals surface area contributed by atoms with Crippen LogP contribution < -0.4 is 20.8 Å². The highest BCUT2D eigenvalue weighted by Crippen LogP contribution is 2.46. The van der Waals surface area contributed by atoms with E-state index >= 15 is 0 Å². The smallest absolute Gasteiger partial charge is 0.0721 e. The molecule has 2 N–H and O–H groups in total. The first-order chi connectivity index (χ1) is 14.4. The van der Waals surface area contributed by atoms with Crippen molar-refractivity contribution < 1.29 is 19.8 Å². The first-order valence-corrected chi connectivity index (χ1v) is 11.6. The van der Waals surface area contributed by atoms with Crippen LogP contribution >= 0.6 is 0 Å². The molecule has 0 saturated carbocycles. The molecule has 2 heterocycles. The quantitative estimate of drug-likeness (QED) is 0.742. The molecular weight excluding hydrogens is 404 g/mol. The van der Waals surface area contributed by atoms with Gasteiger partial charge in [-0.2, -0.15) is 0 Å². The van der Waals surface area contributed by atoms with Gasteiger partial charge in [0.05, 0.1) is 11.9 Å². The third kappa shape index (κ3) is 5.18. The van der Waals surface area contributed by atoms with Crippen molar-refractivity contribution in [2.45, 2.75) is 115 Å². The molecule has 0 aromatic heterocycles. The van der Waals surface area contributed by atoms with Crippen molar-refractivity contribution in [3.8, 4) is 0 Å². The summed E-state index contributed by atoms with van der Waals surface area (Å²) in [5.41, 5.74) is 0.188. The minimum Gasteiger partial charge on any atom is -0.545 e. The van der Waals surface area contributed by atoms with Gasteiger partial charge in [0, 0.05) is 33.3 Å². The van der Waals surface area contributed by atoms with Gasteiger partial charge >= 0.3 is 0 Å². The number of piperidine rings is 2. The number of carbonyl (C=O) groups excluding carboxylic acids is 2. The fourth-order valence-corrected chi connectivity index (χ4v) is 6.88. The number of aromatic carboxylic acids is 2. The van der Waals surface area contributed by atoms with Crippen molar-refractivity contribution in [1.82, 2.24) is 10.6 Å². The summed E-state index contributed by atoms with van der Waals surface area (Å²) >= 11 is 0. The summed E-state index contributed by atoms with van der Waals surface area (Å²) in [5, 5.41) is 31.9. The SMILES string of the molecule is CC1(C)CC(c2ccc(C(=O)[O-])c(C3CC(C)(C)NC(C)(C)C3)c2C(=O)[O-])CC(C)(C)N1. The third-order valence-electron chi connectivity index (χ3n) is 6.93. The summed E-state index contributed by atoms with van der Waals surface area (Å²) in [6.07, 6.45) is 2.77. The van der Waals surface area contributed by atoms with Crippen LogP contribution in [0, 0.1) is 0 Å². The molecule has 2 saturated heterocycles. The molecule has 6 heteroatoms. The van der Waals surface area contributed by atoms with Crippen molar-refractivity contribution >= 4 is 11.9 Å². The summed E-state index contributed by atoms with van der Waals surface area (Å²) in [5.74, 6) is -2.90. The summed E-state index contributed by atoms with van der Waals surface area (Å²) in [6.45, 7) is 16.8. The zero-order valence-corrected chi connectivity index (χ0v) is 20.8. The molecule has 1 aromatic carbocycles. The fourth-order valence-electron chi connectivity index (χ4n) is 6.88. The van der Waals surface area contributed by atoms with Crippen LogP contribution in [0.25, 0.3) is 0 Å². The van der Waals surface area contributed by atoms with Crippen LogP contribution in [0.5, 0.6) is 0 Å². The number of benzene rings is 1. The minimum absolute atomic E-state index is 0.0218. The zero-order chi connectivity index (χ0) is 24.3. The molecule has 0 spiro atoms. The first-order valence-electron chi connectivity index (χ1n) is 11.6. The Bertz CT molecular complexity index is 898. The highest BCUT2D eigenvalue weighted by molar-refractivity contribution is 5.97. The molecule has 2 aliphatic rings. The lowest BCUT2D eigenvalue weighted by molar-refractivity contribution is -0.255. The average molecular weight is 443 g/mol. The molecule has 0 aliphatic carbocycles. The van der Waals surface area contributed by atoms with E-state index in [1.54, 1.807) is 12.1 Å². The lowest BCUT2D eigenvalue weighted by atomic mass is 9.68. The zero-order valence-electron chi connectivity index (χ0n) is 20.8. The second-order valence-electron chi connectivity index (χ2n) is 12.6. The predicted molar refractivity (Wildman–Crippen MR) is 122 cm³/mol. The Morgan fingerprint density at radius 2 is 1.12 bits per heavy atom. The molecule has 0 amide bonds. The Labute approximate surface area is 192 Å². The molecule has 0 bridgehead atoms. The second kappa shape index (κ2) is 7.84. The highest BCUT2D eigenvalue weighted by Gasteiger charge is 2.42. The van der Waals surface area contributed by atoms with Gasteiger partial charge in [-0.3, -0.25) is 0 Å². The van der Waals surface area contributed by atoms with Gasteiger partial charge in [-0.1, -0.05) is 12.1 Å². The number of carbonyl (C=O) groups is 2. The van der Waals surface area contributed by atoms with Crippen molar-refractivity contribution in [3.63, 3.8) is 0 Å². The Balaban J connectivity index is 2.23. The summed E-state index contributed by atoms with van der Waals surface area (Å²) < 4.78 is 0. The summed E-state index contributed by atoms with van der Waals surface area (Å²) in [7, 11) is 0. The standard InChI is InChI=1S/C26H40N2O4/c1-23(2)11-15(12-24(3,4)27-23)17-9-10-18(21(29)30)19(20(17)22(31)32)16-13-25(5,6)28-26(7,8)14-16/h9-10,15-16,27-28H,11-14H2,1-8H3,(H,29,30)(H,31,32)/p-2. The van der Waals surface area contributed by atoms with Gasteiger partial charge in [0.2, 0.25) is 0 Å². The Kier molecular flexibility index (Phi) is 6.06. The molecule has 2 fully saturated rings. The van der Waals surface area contributed by atoms with Crippen LogP contribution in [0.3, 0.4) is 0 Å². The molecule has 1 aromatic rings. The molecule has 0 unspecified atom stereocenters. The Hall–Kier alpha value is -1.92. The van der Waals surface area contributed by atoms with E-state index in [1.165, 1.54) is 0 Å². The molecule has 2 aliphatic heterocycles. The van der Waals surface area contributed by atoms with Crippen LogP contribution in [0.15, 0.2) is 12.1 Å². The molecule has 0 radical (unpaired) electrons. The normalized spacial score (nSPS) is 24.8. The van der Waals surface area contributed by atoms with Crippen molar-refractivity contribution in [2.24, 2.45) is 0 Å². The topological polar surface area (TPSA) is 104 Å². The largest absolute Gasteiger partial charge is 0.545 e. The monoisotopic (exact) mass is 442 g/mol. The maximum absolute atomic E-state index is 12.6. The molecule has 0 atom stereocenters. The van der Waals surface area contributed by atoms with Crippen molar-refractivity contribution in [3.05, 3.63) is 34.4 Å². The average Bonchev–Trinajstić information content (AvgIpc) is 2.54. The Morgan fingerprint density at radius 3 is 1.50 bits per heavy atom. The van der Waals surface area contributed by atoms with Crippen LogP contribution in [0.4, 0.5) is 0 Å². The molecular formula is C26H38N2O4-2. The van der Waals surface area contributed by atoms with Crippen LogP contribution in [0.1, 0.15) is 125 Å². The lowest BCUT2D eigenvalue weighted by Crippen LogP contribution is -2.58. The van der Waals surface area contributed by atoms with Crippen LogP contribution in [-0.4, -0.2) is 34.1 Å². The predicted octanol–water partition coefficient (Wildman–Crippen LogP) is 2.46. The fraction of sp³-hybridized carbons (Fsp3) is 0.692. The van der Waals surface area contributed by atoms with Gasteiger partial charge in [-0.25, -0.2) is 0 Å². The summed E-state index contributed by atoms with van der Waals surface area (Å²) in [4.78, 5) is 24.7. The van der Waals surface area contributed by atoms with E-state index in [0.29, 0.717) is 24.0 Å². The molecule has 32 heavy (non-hydrogen) atoms. The maximum Gasteiger partial charge on any atom is 0.0721 e. The maximum atomic E-state index is 12.6. The van der Waals surface area contributed by atoms with Gasteiger partial charge in [0.15, 0.2) is 0 Å². The summed E-state index contributed by atoms with van der Waals surface area (Å²) in [6, 6.07) is 3.23. The van der Waals surface area contributed by atoms with Crippen LogP contribution in [-0.2, 0) is 0 Å². The number of nitrogens with one attached hydrogen (secondary N) is 2. The van der Waals surface area contributed by atoms with Gasteiger partial charge < -0.3 is 30.4 Å². The van der Waals surface area contributed by atoms with E-state index in [9.17, 15) is 19.8 Å². The number of hydrogen-bond acceptors (Lipinski definition) is 6. The number of hydrogen-bond donors (Lipinski definition) is 2. The van der Waals surface area contributed by atoms with Gasteiger partial charge in [0.1, 0.15) is 0 Å². The van der Waals surface area contributed by atoms with Gasteiger partial charge in [-0.05, 0) is 104 Å². The second-order valence-corrected chi connectivity index (χ2v) is 12.6. The highest BCUT2D eigenvalue weighted by atomic mass is 16.4. The van der Waals surface area contributed by atoms with E-state index in [2.05, 4.69) is 66.0 Å². The first kappa shape index (κ1) is 24.7. The molecule has 6 nitrogen and oxygen atoms in total. The van der Waals surface area contributed by atoms with E-state index < -0.39 is 11.9 Å². The van der Waals surface area contributed by atoms with E-state index in [0.717, 1.165) is 12.8 Å². The lowest BCUT2D eigenvalue weighted by Gasteiger charge is -2.49. The number of rotatable bonds is 4. The van der Waals surface area contributed by atoms with Crippen molar-refractivity contribution in [1.29, 1.82) is 0 Å².